The summed E-state index contributed by atoms with van der Waals surface area (Å²) in [4.78, 5) is 27.4. The molecule has 0 saturated heterocycles. The van der Waals surface area contributed by atoms with Crippen LogP contribution in [0.4, 0.5) is 28.9 Å². The number of pyridine rings is 1. The Hall–Kier alpha value is -3.86. The molecule has 1 heterocycles. The van der Waals surface area contributed by atoms with Gasteiger partial charge in [-0.15, -0.1) is 0 Å². The number of carbonyl (C=O) groups excluding carboxylic acids is 2. The number of halogens is 5. The molecule has 0 aliphatic heterocycles. The molecule has 172 valence electrons. The van der Waals surface area contributed by atoms with E-state index < -0.39 is 51.3 Å². The molecule has 4 N–H and O–H groups in total. The molecule has 33 heavy (non-hydrogen) atoms. The zero-order valence-electron chi connectivity index (χ0n) is 16.8. The Morgan fingerprint density at radius 3 is 2.45 bits per heavy atom. The molecule has 0 atom stereocenters. The lowest BCUT2D eigenvalue weighted by atomic mass is 10.0. The van der Waals surface area contributed by atoms with E-state index in [-0.39, 0.29) is 17.1 Å². The summed E-state index contributed by atoms with van der Waals surface area (Å²) in [6.07, 6.45) is -2.34. The van der Waals surface area contributed by atoms with E-state index in [4.69, 9.17) is 22.1 Å². The standard InChI is InChI=1S/C21H15ClF4N4O3/c1-28-20(32)12-9-29-7-6-16(12)33-10-2-5-15(14(23)8-10)30-18-11(19(27)31)3-4-13(22)17(18)21(24,25)26/h2-9,30H,1H3,(H2,27,31)(H,28,32). The molecule has 0 saturated carbocycles. The van der Waals surface area contributed by atoms with Crippen LogP contribution in [0.5, 0.6) is 11.5 Å². The number of benzene rings is 2. The van der Waals surface area contributed by atoms with E-state index in [9.17, 15) is 27.2 Å². The lowest BCUT2D eigenvalue weighted by molar-refractivity contribution is -0.136. The Morgan fingerprint density at radius 1 is 1.12 bits per heavy atom. The maximum absolute atomic E-state index is 14.8. The second-order valence-electron chi connectivity index (χ2n) is 6.53. The summed E-state index contributed by atoms with van der Waals surface area (Å²) in [5.41, 5.74) is 2.19. The molecular formula is C21H15ClF4N4O3. The number of aromatic nitrogens is 1. The van der Waals surface area contributed by atoms with Crippen LogP contribution in [0.1, 0.15) is 26.3 Å². The van der Waals surface area contributed by atoms with Crippen LogP contribution >= 0.6 is 11.6 Å². The van der Waals surface area contributed by atoms with E-state index in [0.29, 0.717) is 0 Å². The van der Waals surface area contributed by atoms with Gasteiger partial charge >= 0.3 is 6.18 Å². The summed E-state index contributed by atoms with van der Waals surface area (Å²) >= 11 is 5.70. The number of nitrogens with zero attached hydrogens (tertiary/aromatic N) is 1. The molecule has 0 aliphatic rings. The summed E-state index contributed by atoms with van der Waals surface area (Å²) in [6.45, 7) is 0. The van der Waals surface area contributed by atoms with Crippen molar-refractivity contribution in [2.75, 3.05) is 12.4 Å². The first kappa shape index (κ1) is 23.8. The molecule has 0 unspecified atom stereocenters. The van der Waals surface area contributed by atoms with Crippen molar-refractivity contribution in [3.63, 3.8) is 0 Å². The van der Waals surface area contributed by atoms with E-state index in [2.05, 4.69) is 15.6 Å². The van der Waals surface area contributed by atoms with E-state index in [0.717, 1.165) is 24.3 Å². The number of nitrogens with one attached hydrogen (secondary N) is 2. The minimum atomic E-state index is -4.96. The van der Waals surface area contributed by atoms with Crippen LogP contribution in [0.3, 0.4) is 0 Å². The first-order chi connectivity index (χ1) is 15.5. The van der Waals surface area contributed by atoms with Crippen molar-refractivity contribution in [1.82, 2.24) is 10.3 Å². The highest BCUT2D eigenvalue weighted by Gasteiger charge is 2.38. The molecular weight excluding hydrogens is 468 g/mol. The highest BCUT2D eigenvalue weighted by Crippen LogP contribution is 2.43. The van der Waals surface area contributed by atoms with Crippen LogP contribution in [0.2, 0.25) is 5.02 Å². The van der Waals surface area contributed by atoms with Crippen LogP contribution in [0.25, 0.3) is 0 Å². The fourth-order valence-electron chi connectivity index (χ4n) is 2.89. The summed E-state index contributed by atoms with van der Waals surface area (Å²) in [6, 6.07) is 6.50. The third-order valence-electron chi connectivity index (χ3n) is 4.38. The van der Waals surface area contributed by atoms with E-state index in [1.54, 1.807) is 0 Å². The summed E-state index contributed by atoms with van der Waals surface area (Å²) in [7, 11) is 1.41. The zero-order valence-corrected chi connectivity index (χ0v) is 17.5. The third kappa shape index (κ3) is 5.14. The molecule has 3 aromatic rings. The van der Waals surface area contributed by atoms with Gasteiger partial charge in [0.1, 0.15) is 22.9 Å². The topological polar surface area (TPSA) is 106 Å². The van der Waals surface area contributed by atoms with Crippen molar-refractivity contribution in [2.24, 2.45) is 5.73 Å². The Bertz CT molecular complexity index is 1230. The van der Waals surface area contributed by atoms with Crippen molar-refractivity contribution in [3.8, 4) is 11.5 Å². The van der Waals surface area contributed by atoms with Crippen molar-refractivity contribution in [1.29, 1.82) is 0 Å². The van der Waals surface area contributed by atoms with E-state index in [1.807, 2.05) is 0 Å². The number of primary amides is 1. The Morgan fingerprint density at radius 2 is 1.85 bits per heavy atom. The molecule has 2 amide bonds. The van der Waals surface area contributed by atoms with Crippen LogP contribution in [-0.2, 0) is 6.18 Å². The van der Waals surface area contributed by atoms with Gasteiger partial charge in [-0.25, -0.2) is 4.39 Å². The number of rotatable bonds is 6. The van der Waals surface area contributed by atoms with Crippen molar-refractivity contribution < 1.29 is 31.9 Å². The second kappa shape index (κ2) is 9.33. The molecule has 0 radical (unpaired) electrons. The Kier molecular flexibility index (Phi) is 6.73. The minimum Gasteiger partial charge on any atom is -0.456 e. The average molecular weight is 483 g/mol. The Balaban J connectivity index is 1.99. The lowest BCUT2D eigenvalue weighted by Crippen LogP contribution is -2.18. The third-order valence-corrected chi connectivity index (χ3v) is 4.70. The molecule has 7 nitrogen and oxygen atoms in total. The maximum Gasteiger partial charge on any atom is 0.419 e. The summed E-state index contributed by atoms with van der Waals surface area (Å²) in [5, 5.41) is 3.97. The number of hydrogen-bond donors (Lipinski definition) is 3. The van der Waals surface area contributed by atoms with E-state index >= 15 is 0 Å². The van der Waals surface area contributed by atoms with Gasteiger partial charge in [0.15, 0.2) is 0 Å². The van der Waals surface area contributed by atoms with Gasteiger partial charge in [0.05, 0.1) is 27.5 Å². The van der Waals surface area contributed by atoms with Gasteiger partial charge in [0.2, 0.25) is 0 Å². The van der Waals surface area contributed by atoms with Gasteiger partial charge < -0.3 is 21.1 Å². The number of alkyl halides is 3. The van der Waals surface area contributed by atoms with Gasteiger partial charge in [-0.05, 0) is 30.3 Å². The number of anilines is 2. The molecule has 3 rings (SSSR count). The molecule has 1 aromatic heterocycles. The quantitative estimate of drug-likeness (QED) is 0.434. The van der Waals surface area contributed by atoms with Gasteiger partial charge in [0, 0.05) is 25.5 Å². The molecule has 0 fully saturated rings. The smallest absolute Gasteiger partial charge is 0.419 e. The number of hydrogen-bond acceptors (Lipinski definition) is 5. The molecule has 0 bridgehead atoms. The predicted octanol–water partition coefficient (Wildman–Crippen LogP) is 4.89. The normalized spacial score (nSPS) is 11.1. The van der Waals surface area contributed by atoms with Gasteiger partial charge in [-0.1, -0.05) is 11.6 Å². The second-order valence-corrected chi connectivity index (χ2v) is 6.93. The number of carbonyl (C=O) groups is 2. The maximum atomic E-state index is 14.8. The number of nitrogens with two attached hydrogens (primary N) is 1. The summed E-state index contributed by atoms with van der Waals surface area (Å²) in [5.74, 6) is -2.64. The van der Waals surface area contributed by atoms with E-state index in [1.165, 1.54) is 31.6 Å². The SMILES string of the molecule is CNC(=O)c1cnccc1Oc1ccc(Nc2c(C(N)=O)ccc(Cl)c2C(F)(F)F)c(F)c1. The first-order valence-corrected chi connectivity index (χ1v) is 9.50. The number of ether oxygens (including phenoxy) is 1. The van der Waals surface area contributed by atoms with Crippen LogP contribution in [-0.4, -0.2) is 23.8 Å². The molecule has 0 spiro atoms. The predicted molar refractivity (Wildman–Crippen MR) is 112 cm³/mol. The molecule has 12 heteroatoms. The monoisotopic (exact) mass is 482 g/mol. The van der Waals surface area contributed by atoms with Crippen LogP contribution < -0.4 is 21.1 Å². The van der Waals surface area contributed by atoms with Gasteiger partial charge in [0.25, 0.3) is 11.8 Å². The highest BCUT2D eigenvalue weighted by atomic mass is 35.5. The largest absolute Gasteiger partial charge is 0.456 e. The Labute approximate surface area is 189 Å². The fraction of sp³-hybridized carbons (Fsp3) is 0.0952. The van der Waals surface area contributed by atoms with Crippen molar-refractivity contribution in [3.05, 3.63) is 76.3 Å². The molecule has 2 aromatic carbocycles. The van der Waals surface area contributed by atoms with Crippen LogP contribution in [0.15, 0.2) is 48.8 Å². The minimum absolute atomic E-state index is 0.0494. The average Bonchev–Trinajstić information content (AvgIpc) is 2.74. The fourth-order valence-corrected chi connectivity index (χ4v) is 3.15. The summed E-state index contributed by atoms with van der Waals surface area (Å²) < 4.78 is 61.0. The van der Waals surface area contributed by atoms with Crippen LogP contribution in [0, 0.1) is 5.82 Å². The molecule has 0 aliphatic carbocycles. The number of amides is 2. The van der Waals surface area contributed by atoms with Gasteiger partial charge in [-0.2, -0.15) is 13.2 Å². The van der Waals surface area contributed by atoms with Crippen molar-refractivity contribution in [2.45, 2.75) is 6.18 Å². The zero-order chi connectivity index (χ0) is 24.3. The first-order valence-electron chi connectivity index (χ1n) is 9.13. The van der Waals surface area contributed by atoms with Crippen molar-refractivity contribution >= 4 is 34.8 Å². The van der Waals surface area contributed by atoms with Gasteiger partial charge in [-0.3, -0.25) is 14.6 Å². The highest BCUT2D eigenvalue weighted by molar-refractivity contribution is 6.32. The lowest BCUT2D eigenvalue weighted by Gasteiger charge is -2.19.